The Kier molecular flexibility index (Phi) is 4.45. The summed E-state index contributed by atoms with van der Waals surface area (Å²) in [4.78, 5) is 1.94. The molecule has 20 heavy (non-hydrogen) atoms. The maximum absolute atomic E-state index is 13.0. The van der Waals surface area contributed by atoms with Crippen LogP contribution in [0.1, 0.15) is 13.3 Å². The van der Waals surface area contributed by atoms with Gasteiger partial charge in [0.2, 0.25) is 0 Å². The van der Waals surface area contributed by atoms with Crippen molar-refractivity contribution in [3.63, 3.8) is 0 Å². The predicted octanol–water partition coefficient (Wildman–Crippen LogP) is 3.96. The van der Waals surface area contributed by atoms with Crippen LogP contribution >= 0.6 is 0 Å². The van der Waals surface area contributed by atoms with Crippen molar-refractivity contribution in [1.82, 2.24) is 0 Å². The highest BCUT2D eigenvalue weighted by Crippen LogP contribution is 2.29. The highest BCUT2D eigenvalue weighted by molar-refractivity contribution is 5.68. The van der Waals surface area contributed by atoms with Gasteiger partial charge in [-0.15, -0.1) is 0 Å². The first-order valence-electron chi connectivity index (χ1n) is 6.63. The third kappa shape index (κ3) is 3.41. The average Bonchev–Trinajstić information content (AvgIpc) is 2.44. The van der Waals surface area contributed by atoms with Crippen LogP contribution < -0.4 is 15.4 Å². The quantitative estimate of drug-likeness (QED) is 0.839. The van der Waals surface area contributed by atoms with Gasteiger partial charge in [-0.1, -0.05) is 6.92 Å². The fourth-order valence-electron chi connectivity index (χ4n) is 1.92. The molecule has 0 aliphatic carbocycles. The van der Waals surface area contributed by atoms with Gasteiger partial charge in [-0.05, 0) is 36.8 Å². The molecule has 0 unspecified atom stereocenters. The van der Waals surface area contributed by atoms with Crippen LogP contribution in [0.3, 0.4) is 0 Å². The SMILES string of the molecule is CCCOc1cc(N)cc(N(C)c2ccc(F)cc2)c1. The molecule has 2 aromatic carbocycles. The summed E-state index contributed by atoms with van der Waals surface area (Å²) in [7, 11) is 1.91. The molecule has 0 bridgehead atoms. The lowest BCUT2D eigenvalue weighted by Crippen LogP contribution is -2.10. The van der Waals surface area contributed by atoms with Crippen LogP contribution in [-0.2, 0) is 0 Å². The third-order valence-electron chi connectivity index (χ3n) is 2.99. The van der Waals surface area contributed by atoms with Crippen molar-refractivity contribution in [2.45, 2.75) is 13.3 Å². The zero-order valence-electron chi connectivity index (χ0n) is 11.8. The summed E-state index contributed by atoms with van der Waals surface area (Å²) in [5, 5.41) is 0. The van der Waals surface area contributed by atoms with E-state index < -0.39 is 0 Å². The minimum atomic E-state index is -0.248. The van der Waals surface area contributed by atoms with Crippen LogP contribution in [0, 0.1) is 5.82 Å². The molecule has 2 rings (SSSR count). The number of ether oxygens (including phenoxy) is 1. The van der Waals surface area contributed by atoms with Crippen molar-refractivity contribution in [3.05, 3.63) is 48.3 Å². The fraction of sp³-hybridized carbons (Fsp3) is 0.250. The average molecular weight is 274 g/mol. The van der Waals surface area contributed by atoms with Crippen LogP contribution in [0.4, 0.5) is 21.5 Å². The Morgan fingerprint density at radius 3 is 2.45 bits per heavy atom. The van der Waals surface area contributed by atoms with Crippen molar-refractivity contribution in [3.8, 4) is 5.75 Å². The topological polar surface area (TPSA) is 38.5 Å². The normalized spacial score (nSPS) is 10.3. The van der Waals surface area contributed by atoms with Gasteiger partial charge in [0.15, 0.2) is 0 Å². The van der Waals surface area contributed by atoms with Gasteiger partial charge in [-0.2, -0.15) is 0 Å². The lowest BCUT2D eigenvalue weighted by molar-refractivity contribution is 0.317. The van der Waals surface area contributed by atoms with Crippen molar-refractivity contribution in [1.29, 1.82) is 0 Å². The molecular formula is C16H19FN2O. The highest BCUT2D eigenvalue weighted by Gasteiger charge is 2.07. The number of rotatable bonds is 5. The van der Waals surface area contributed by atoms with Crippen LogP contribution in [0.25, 0.3) is 0 Å². The molecule has 106 valence electrons. The van der Waals surface area contributed by atoms with Gasteiger partial charge in [-0.3, -0.25) is 0 Å². The van der Waals surface area contributed by atoms with E-state index in [2.05, 4.69) is 6.92 Å². The van der Waals surface area contributed by atoms with Crippen molar-refractivity contribution in [2.24, 2.45) is 0 Å². The Hall–Kier alpha value is -2.23. The van der Waals surface area contributed by atoms with E-state index in [9.17, 15) is 4.39 Å². The Labute approximate surface area is 118 Å². The molecule has 2 aromatic rings. The molecule has 0 aliphatic rings. The van der Waals surface area contributed by atoms with Gasteiger partial charge in [0.05, 0.1) is 6.61 Å². The van der Waals surface area contributed by atoms with E-state index in [1.165, 1.54) is 12.1 Å². The lowest BCUT2D eigenvalue weighted by Gasteiger charge is -2.21. The zero-order valence-corrected chi connectivity index (χ0v) is 11.8. The summed E-state index contributed by atoms with van der Waals surface area (Å²) in [6.07, 6.45) is 0.942. The van der Waals surface area contributed by atoms with Gasteiger partial charge in [0.1, 0.15) is 11.6 Å². The van der Waals surface area contributed by atoms with Crippen molar-refractivity contribution in [2.75, 3.05) is 24.3 Å². The molecule has 0 atom stereocenters. The number of nitrogens with two attached hydrogens (primary N) is 1. The number of benzene rings is 2. The molecular weight excluding hydrogens is 255 g/mol. The first-order chi connectivity index (χ1) is 9.60. The summed E-state index contributed by atoms with van der Waals surface area (Å²) >= 11 is 0. The molecule has 2 N–H and O–H groups in total. The van der Waals surface area contributed by atoms with Crippen molar-refractivity contribution >= 4 is 17.1 Å². The number of nitrogens with zero attached hydrogens (tertiary/aromatic N) is 1. The first-order valence-corrected chi connectivity index (χ1v) is 6.63. The van der Waals surface area contributed by atoms with E-state index in [-0.39, 0.29) is 5.82 Å². The minimum Gasteiger partial charge on any atom is -0.493 e. The number of anilines is 3. The molecule has 0 spiro atoms. The molecule has 3 nitrogen and oxygen atoms in total. The van der Waals surface area contributed by atoms with E-state index in [1.54, 1.807) is 18.2 Å². The number of hydrogen-bond acceptors (Lipinski definition) is 3. The number of nitrogen functional groups attached to an aromatic ring is 1. The number of halogens is 1. The Morgan fingerprint density at radius 1 is 1.10 bits per heavy atom. The van der Waals surface area contributed by atoms with Gasteiger partial charge < -0.3 is 15.4 Å². The predicted molar refractivity (Wildman–Crippen MR) is 81.1 cm³/mol. The largest absolute Gasteiger partial charge is 0.493 e. The Balaban J connectivity index is 2.26. The van der Waals surface area contributed by atoms with Gasteiger partial charge in [0.25, 0.3) is 0 Å². The second-order valence-electron chi connectivity index (χ2n) is 4.64. The zero-order chi connectivity index (χ0) is 14.5. The molecule has 0 saturated carbocycles. The monoisotopic (exact) mass is 274 g/mol. The molecule has 0 aliphatic heterocycles. The van der Waals surface area contributed by atoms with Crippen LogP contribution in [-0.4, -0.2) is 13.7 Å². The molecule has 4 heteroatoms. The van der Waals surface area contributed by atoms with Gasteiger partial charge in [0, 0.05) is 36.2 Å². The molecule has 0 radical (unpaired) electrons. The second kappa shape index (κ2) is 6.28. The van der Waals surface area contributed by atoms with E-state index >= 15 is 0 Å². The summed E-state index contributed by atoms with van der Waals surface area (Å²) in [6, 6.07) is 11.9. The molecule has 0 amide bonds. The van der Waals surface area contributed by atoms with E-state index in [1.807, 2.05) is 24.1 Å². The molecule has 0 saturated heterocycles. The summed E-state index contributed by atoms with van der Waals surface area (Å²) in [6.45, 7) is 2.71. The minimum absolute atomic E-state index is 0.248. The Morgan fingerprint density at radius 2 is 1.80 bits per heavy atom. The lowest BCUT2D eigenvalue weighted by atomic mass is 10.2. The molecule has 0 aromatic heterocycles. The molecule has 0 heterocycles. The Bertz CT molecular complexity index is 569. The van der Waals surface area contributed by atoms with Crippen LogP contribution in [0.2, 0.25) is 0 Å². The summed E-state index contributed by atoms with van der Waals surface area (Å²) in [5.41, 5.74) is 8.34. The standard InChI is InChI=1S/C16H19FN2O/c1-3-8-20-16-10-13(18)9-15(11-16)19(2)14-6-4-12(17)5-7-14/h4-7,9-11H,3,8,18H2,1-2H3. The maximum atomic E-state index is 13.0. The summed E-state index contributed by atoms with van der Waals surface area (Å²) < 4.78 is 18.6. The fourth-order valence-corrected chi connectivity index (χ4v) is 1.92. The highest BCUT2D eigenvalue weighted by atomic mass is 19.1. The second-order valence-corrected chi connectivity index (χ2v) is 4.64. The first kappa shape index (κ1) is 14.2. The van der Waals surface area contributed by atoms with Crippen LogP contribution in [0.15, 0.2) is 42.5 Å². The van der Waals surface area contributed by atoms with E-state index in [0.717, 1.165) is 23.5 Å². The van der Waals surface area contributed by atoms with Gasteiger partial charge in [-0.25, -0.2) is 4.39 Å². The number of hydrogen-bond donors (Lipinski definition) is 1. The third-order valence-corrected chi connectivity index (χ3v) is 2.99. The van der Waals surface area contributed by atoms with E-state index in [4.69, 9.17) is 10.5 Å². The molecule has 0 fully saturated rings. The van der Waals surface area contributed by atoms with Crippen LogP contribution in [0.5, 0.6) is 5.75 Å². The van der Waals surface area contributed by atoms with Gasteiger partial charge >= 0.3 is 0 Å². The smallest absolute Gasteiger partial charge is 0.123 e. The maximum Gasteiger partial charge on any atom is 0.123 e. The van der Waals surface area contributed by atoms with Crippen molar-refractivity contribution < 1.29 is 9.13 Å². The van der Waals surface area contributed by atoms with E-state index in [0.29, 0.717) is 12.3 Å². The summed E-state index contributed by atoms with van der Waals surface area (Å²) in [5.74, 6) is 0.498.